The van der Waals surface area contributed by atoms with Crippen molar-refractivity contribution in [3.05, 3.63) is 22.4 Å². The molecule has 1 aromatic rings. The van der Waals surface area contributed by atoms with Gasteiger partial charge in [0.05, 0.1) is 0 Å². The van der Waals surface area contributed by atoms with E-state index in [2.05, 4.69) is 4.99 Å². The zero-order valence-corrected chi connectivity index (χ0v) is 7.77. The third-order valence-corrected chi connectivity index (χ3v) is 2.33. The van der Waals surface area contributed by atoms with Crippen molar-refractivity contribution in [2.45, 2.75) is 12.2 Å². The summed E-state index contributed by atoms with van der Waals surface area (Å²) in [5.74, 6) is -0.569. The summed E-state index contributed by atoms with van der Waals surface area (Å²) in [7, 11) is 0. The maximum absolute atomic E-state index is 12.4. The Bertz CT molecular complexity index is 313. The maximum atomic E-state index is 12.4. The van der Waals surface area contributed by atoms with E-state index in [9.17, 15) is 13.2 Å². The van der Waals surface area contributed by atoms with E-state index in [0.29, 0.717) is 0 Å². The Balaban J connectivity index is 3.01. The number of aliphatic imine (C=N–C) groups is 1. The van der Waals surface area contributed by atoms with Crippen LogP contribution < -0.4 is 11.5 Å². The molecule has 1 heterocycles. The summed E-state index contributed by atoms with van der Waals surface area (Å²) in [4.78, 5) is 3.22. The molecule has 1 atom stereocenters. The van der Waals surface area contributed by atoms with Gasteiger partial charge in [-0.05, 0) is 11.4 Å². The minimum Gasteiger partial charge on any atom is -0.370 e. The van der Waals surface area contributed by atoms with Gasteiger partial charge in [0.1, 0.15) is 0 Å². The first-order valence-corrected chi connectivity index (χ1v) is 4.48. The monoisotopic (exact) mass is 223 g/mol. The van der Waals surface area contributed by atoms with Gasteiger partial charge >= 0.3 is 6.18 Å². The number of halogens is 3. The predicted molar refractivity (Wildman–Crippen MR) is 48.9 cm³/mol. The van der Waals surface area contributed by atoms with Gasteiger partial charge < -0.3 is 11.5 Å². The summed E-state index contributed by atoms with van der Waals surface area (Å²) in [6.07, 6.45) is -4.46. The lowest BCUT2D eigenvalue weighted by Crippen LogP contribution is -2.27. The molecule has 14 heavy (non-hydrogen) atoms. The van der Waals surface area contributed by atoms with E-state index in [1.54, 1.807) is 0 Å². The molecule has 1 aromatic heterocycles. The highest BCUT2D eigenvalue weighted by Crippen LogP contribution is 2.37. The predicted octanol–water partition coefficient (Wildman–Crippen LogP) is 1.62. The number of thiophene rings is 1. The van der Waals surface area contributed by atoms with Crippen LogP contribution in [0.25, 0.3) is 0 Å². The molecule has 0 saturated carbocycles. The third-order valence-electron chi connectivity index (χ3n) is 1.40. The van der Waals surface area contributed by atoms with Gasteiger partial charge in [-0.2, -0.15) is 13.2 Å². The summed E-state index contributed by atoms with van der Waals surface area (Å²) in [6, 6.07) is 0.906. The van der Waals surface area contributed by atoms with Crippen molar-refractivity contribution < 1.29 is 13.2 Å². The smallest absolute Gasteiger partial charge is 0.370 e. The molecule has 1 rings (SSSR count). The summed E-state index contributed by atoms with van der Waals surface area (Å²) in [5.41, 5.74) is 9.86. The molecule has 0 radical (unpaired) electrons. The fourth-order valence-electron chi connectivity index (χ4n) is 0.894. The van der Waals surface area contributed by atoms with E-state index in [0.717, 1.165) is 11.3 Å². The zero-order chi connectivity index (χ0) is 10.8. The SMILES string of the molecule is NC(N)=N[C@H](c1cccs1)C(F)(F)F. The number of nitrogens with two attached hydrogens (primary N) is 2. The van der Waals surface area contributed by atoms with Crippen LogP contribution in [0.1, 0.15) is 10.9 Å². The summed E-state index contributed by atoms with van der Waals surface area (Å²) in [5, 5.41) is 1.54. The summed E-state index contributed by atoms with van der Waals surface area (Å²) >= 11 is 0.962. The lowest BCUT2D eigenvalue weighted by atomic mass is 10.2. The molecule has 0 saturated heterocycles. The molecule has 0 bridgehead atoms. The van der Waals surface area contributed by atoms with Crippen LogP contribution in [0.5, 0.6) is 0 Å². The number of rotatable bonds is 2. The third kappa shape index (κ3) is 2.63. The normalized spacial score (nSPS) is 13.6. The fraction of sp³-hybridized carbons (Fsp3) is 0.286. The number of nitrogens with zero attached hydrogens (tertiary/aromatic N) is 1. The van der Waals surface area contributed by atoms with Crippen LogP contribution >= 0.6 is 11.3 Å². The number of guanidine groups is 1. The van der Waals surface area contributed by atoms with Gasteiger partial charge in [0.25, 0.3) is 0 Å². The summed E-state index contributed by atoms with van der Waals surface area (Å²) < 4.78 is 37.3. The van der Waals surface area contributed by atoms with Crippen molar-refractivity contribution in [1.82, 2.24) is 0 Å². The Morgan fingerprint density at radius 1 is 1.43 bits per heavy atom. The van der Waals surface area contributed by atoms with Gasteiger partial charge in [0.2, 0.25) is 0 Å². The average Bonchev–Trinajstić information content (AvgIpc) is 2.49. The largest absolute Gasteiger partial charge is 0.415 e. The second-order valence-electron chi connectivity index (χ2n) is 2.51. The van der Waals surface area contributed by atoms with Crippen LogP contribution in [0.3, 0.4) is 0 Å². The summed E-state index contributed by atoms with van der Waals surface area (Å²) in [6.45, 7) is 0. The molecule has 0 spiro atoms. The van der Waals surface area contributed by atoms with Crippen LogP contribution in [0, 0.1) is 0 Å². The molecule has 0 aliphatic rings. The highest BCUT2D eigenvalue weighted by atomic mass is 32.1. The van der Waals surface area contributed by atoms with Crippen LogP contribution in [-0.2, 0) is 0 Å². The maximum Gasteiger partial charge on any atom is 0.415 e. The van der Waals surface area contributed by atoms with Gasteiger partial charge in [-0.15, -0.1) is 11.3 Å². The zero-order valence-electron chi connectivity index (χ0n) is 6.95. The Morgan fingerprint density at radius 3 is 2.43 bits per heavy atom. The van der Waals surface area contributed by atoms with Gasteiger partial charge in [-0.3, -0.25) is 0 Å². The first-order valence-electron chi connectivity index (χ1n) is 3.60. The molecule has 0 aliphatic carbocycles. The minimum absolute atomic E-state index is 0.0749. The molecule has 0 fully saturated rings. The van der Waals surface area contributed by atoms with Crippen LogP contribution in [-0.4, -0.2) is 12.1 Å². The molecule has 4 N–H and O–H groups in total. The van der Waals surface area contributed by atoms with E-state index >= 15 is 0 Å². The van der Waals surface area contributed by atoms with Crippen molar-refractivity contribution in [3.8, 4) is 0 Å². The Hall–Kier alpha value is -1.24. The van der Waals surface area contributed by atoms with Gasteiger partial charge in [-0.1, -0.05) is 6.07 Å². The van der Waals surface area contributed by atoms with E-state index in [4.69, 9.17) is 11.5 Å². The lowest BCUT2D eigenvalue weighted by Gasteiger charge is -2.14. The van der Waals surface area contributed by atoms with Crippen molar-refractivity contribution in [2.75, 3.05) is 0 Å². The number of alkyl halides is 3. The standard InChI is InChI=1S/C7H8F3N3S/c8-7(9,10)5(13-6(11)12)4-2-1-3-14-4/h1-3,5H,(H4,11,12,13)/t5-/m1/s1. The number of hydrogen-bond donors (Lipinski definition) is 2. The Morgan fingerprint density at radius 2 is 2.07 bits per heavy atom. The van der Waals surface area contributed by atoms with Crippen LogP contribution in [0.2, 0.25) is 0 Å². The molecule has 0 aromatic carbocycles. The van der Waals surface area contributed by atoms with Gasteiger partial charge in [0.15, 0.2) is 12.0 Å². The Kier molecular flexibility index (Phi) is 3.00. The molecule has 7 heteroatoms. The topological polar surface area (TPSA) is 64.4 Å². The fourth-order valence-corrected chi connectivity index (χ4v) is 1.68. The van der Waals surface area contributed by atoms with Crippen molar-refractivity contribution in [3.63, 3.8) is 0 Å². The van der Waals surface area contributed by atoms with Crippen molar-refractivity contribution in [2.24, 2.45) is 16.5 Å². The average molecular weight is 223 g/mol. The van der Waals surface area contributed by atoms with Crippen LogP contribution in [0.15, 0.2) is 22.5 Å². The Labute approximate surface area is 82.2 Å². The van der Waals surface area contributed by atoms with E-state index in [-0.39, 0.29) is 4.88 Å². The van der Waals surface area contributed by atoms with Gasteiger partial charge in [0, 0.05) is 4.88 Å². The minimum atomic E-state index is -4.46. The molecule has 78 valence electrons. The first kappa shape index (κ1) is 10.8. The lowest BCUT2D eigenvalue weighted by molar-refractivity contribution is -0.147. The molecular formula is C7H8F3N3S. The van der Waals surface area contributed by atoms with E-state index < -0.39 is 18.2 Å². The highest BCUT2D eigenvalue weighted by molar-refractivity contribution is 7.10. The quantitative estimate of drug-likeness (QED) is 0.591. The molecular weight excluding hydrogens is 215 g/mol. The first-order chi connectivity index (χ1) is 6.41. The van der Waals surface area contributed by atoms with Crippen LogP contribution in [0.4, 0.5) is 13.2 Å². The van der Waals surface area contributed by atoms with Crippen molar-refractivity contribution in [1.29, 1.82) is 0 Å². The molecule has 0 amide bonds. The second-order valence-corrected chi connectivity index (χ2v) is 3.49. The van der Waals surface area contributed by atoms with E-state index in [1.807, 2.05) is 0 Å². The molecule has 0 unspecified atom stereocenters. The van der Waals surface area contributed by atoms with Gasteiger partial charge in [-0.25, -0.2) is 4.99 Å². The van der Waals surface area contributed by atoms with E-state index in [1.165, 1.54) is 17.5 Å². The molecule has 3 nitrogen and oxygen atoms in total. The second kappa shape index (κ2) is 3.87. The number of hydrogen-bond acceptors (Lipinski definition) is 2. The molecule has 0 aliphatic heterocycles. The highest BCUT2D eigenvalue weighted by Gasteiger charge is 2.41. The van der Waals surface area contributed by atoms with Crippen molar-refractivity contribution >= 4 is 17.3 Å².